The number of amides is 1. The summed E-state index contributed by atoms with van der Waals surface area (Å²) in [6.45, 7) is 7.06. The predicted octanol–water partition coefficient (Wildman–Crippen LogP) is 2.58. The van der Waals surface area contributed by atoms with Gasteiger partial charge in [-0.25, -0.2) is 13.1 Å². The van der Waals surface area contributed by atoms with E-state index in [1.54, 1.807) is 18.2 Å². The van der Waals surface area contributed by atoms with E-state index in [0.29, 0.717) is 18.7 Å². The van der Waals surface area contributed by atoms with Gasteiger partial charge in [-0.15, -0.1) is 0 Å². The fourth-order valence-corrected chi connectivity index (χ4v) is 4.56. The van der Waals surface area contributed by atoms with Gasteiger partial charge in [-0.1, -0.05) is 18.2 Å². The number of aryl methyl sites for hydroxylation is 1. The van der Waals surface area contributed by atoms with Crippen LogP contribution >= 0.6 is 0 Å². The summed E-state index contributed by atoms with van der Waals surface area (Å²) in [5.41, 5.74) is 4.36. The Balaban J connectivity index is 1.67. The van der Waals surface area contributed by atoms with E-state index in [1.165, 1.54) is 43.1 Å². The average Bonchev–Trinajstić information content (AvgIpc) is 2.79. The number of anilines is 1. The summed E-state index contributed by atoms with van der Waals surface area (Å²) in [5, 5.41) is 0. The standard InChI is InChI=1S/C23H29N3O4S/c1-17-6-5-7-20(18(17)2)25-12-14-26(15-13-25)23(27)11-9-19-8-10-21(30-4)22(16-19)31(28,29)24-3/h5-11,16,24H,12-15H2,1-4H3/b11-9+. The molecule has 7 nitrogen and oxygen atoms in total. The third-order valence-electron chi connectivity index (χ3n) is 5.67. The van der Waals surface area contributed by atoms with E-state index in [2.05, 4.69) is 41.7 Å². The Hall–Kier alpha value is -2.84. The molecule has 1 heterocycles. The van der Waals surface area contributed by atoms with E-state index in [9.17, 15) is 13.2 Å². The zero-order chi connectivity index (χ0) is 22.6. The monoisotopic (exact) mass is 443 g/mol. The molecule has 0 radical (unpaired) electrons. The number of carbonyl (C=O) groups excluding carboxylic acids is 1. The van der Waals surface area contributed by atoms with Gasteiger partial charge in [-0.2, -0.15) is 0 Å². The van der Waals surface area contributed by atoms with Crippen molar-refractivity contribution in [3.63, 3.8) is 0 Å². The van der Waals surface area contributed by atoms with Crippen molar-refractivity contribution in [3.8, 4) is 5.75 Å². The number of hydrogen-bond donors (Lipinski definition) is 1. The van der Waals surface area contributed by atoms with E-state index >= 15 is 0 Å². The summed E-state index contributed by atoms with van der Waals surface area (Å²) in [5.74, 6) is 0.162. The molecule has 166 valence electrons. The minimum absolute atomic E-state index is 0.0363. The molecule has 1 aliphatic heterocycles. The molecule has 0 atom stereocenters. The number of hydrogen-bond acceptors (Lipinski definition) is 5. The molecule has 0 aromatic heterocycles. The highest BCUT2D eigenvalue weighted by molar-refractivity contribution is 7.89. The van der Waals surface area contributed by atoms with E-state index < -0.39 is 10.0 Å². The molecule has 1 saturated heterocycles. The number of nitrogens with zero attached hydrogens (tertiary/aromatic N) is 2. The summed E-state index contributed by atoms with van der Waals surface area (Å²) in [7, 11) is -0.908. The number of nitrogens with one attached hydrogen (secondary N) is 1. The van der Waals surface area contributed by atoms with Crippen LogP contribution in [0, 0.1) is 13.8 Å². The van der Waals surface area contributed by atoms with Gasteiger partial charge in [0.1, 0.15) is 10.6 Å². The van der Waals surface area contributed by atoms with Crippen molar-refractivity contribution < 1.29 is 17.9 Å². The van der Waals surface area contributed by atoms with Crippen molar-refractivity contribution in [3.05, 3.63) is 59.2 Å². The average molecular weight is 444 g/mol. The lowest BCUT2D eigenvalue weighted by Gasteiger charge is -2.36. The Morgan fingerprint density at radius 3 is 2.45 bits per heavy atom. The van der Waals surface area contributed by atoms with Gasteiger partial charge in [-0.3, -0.25) is 4.79 Å². The van der Waals surface area contributed by atoms with E-state index in [1.807, 2.05) is 4.90 Å². The molecule has 0 aliphatic carbocycles. The first-order valence-electron chi connectivity index (χ1n) is 10.2. The Morgan fingerprint density at radius 2 is 1.81 bits per heavy atom. The lowest BCUT2D eigenvalue weighted by atomic mass is 10.1. The molecule has 3 rings (SSSR count). The van der Waals surface area contributed by atoms with Gasteiger partial charge in [0.05, 0.1) is 7.11 Å². The van der Waals surface area contributed by atoms with Gasteiger partial charge in [-0.05, 0) is 61.9 Å². The van der Waals surface area contributed by atoms with Crippen LogP contribution in [-0.4, -0.2) is 59.6 Å². The minimum Gasteiger partial charge on any atom is -0.495 e. The van der Waals surface area contributed by atoms with Gasteiger partial charge in [0, 0.05) is 37.9 Å². The molecular formula is C23H29N3O4S. The lowest BCUT2D eigenvalue weighted by Crippen LogP contribution is -2.48. The molecule has 1 aliphatic rings. The Labute approximate surface area is 184 Å². The Kier molecular flexibility index (Phi) is 7.02. The number of piperazine rings is 1. The summed E-state index contributed by atoms with van der Waals surface area (Å²) in [4.78, 5) is 16.8. The van der Waals surface area contributed by atoms with Gasteiger partial charge in [0.15, 0.2) is 0 Å². The maximum Gasteiger partial charge on any atom is 0.246 e. The second-order valence-corrected chi connectivity index (χ2v) is 9.34. The lowest BCUT2D eigenvalue weighted by molar-refractivity contribution is -0.126. The van der Waals surface area contributed by atoms with Gasteiger partial charge in [0.25, 0.3) is 0 Å². The fraction of sp³-hybridized carbons (Fsp3) is 0.348. The highest BCUT2D eigenvalue weighted by atomic mass is 32.2. The Bertz CT molecular complexity index is 1090. The number of methoxy groups -OCH3 is 1. The molecule has 31 heavy (non-hydrogen) atoms. The van der Waals surface area contributed by atoms with Crippen LogP contribution in [0.5, 0.6) is 5.75 Å². The first-order valence-corrected chi connectivity index (χ1v) is 11.6. The largest absolute Gasteiger partial charge is 0.495 e. The molecule has 1 N–H and O–H groups in total. The van der Waals surface area contributed by atoms with Crippen molar-refractivity contribution in [2.75, 3.05) is 45.2 Å². The zero-order valence-electron chi connectivity index (χ0n) is 18.4. The van der Waals surface area contributed by atoms with E-state index in [4.69, 9.17) is 4.74 Å². The molecule has 0 bridgehead atoms. The number of rotatable bonds is 6. The molecule has 0 saturated carbocycles. The molecule has 2 aromatic rings. The second kappa shape index (κ2) is 9.53. The summed E-state index contributed by atoms with van der Waals surface area (Å²) in [6, 6.07) is 11.1. The smallest absolute Gasteiger partial charge is 0.246 e. The Morgan fingerprint density at radius 1 is 1.10 bits per heavy atom. The van der Waals surface area contributed by atoms with E-state index in [0.717, 1.165) is 13.1 Å². The molecule has 1 amide bonds. The van der Waals surface area contributed by atoms with Crippen molar-refractivity contribution in [1.29, 1.82) is 0 Å². The number of ether oxygens (including phenoxy) is 1. The van der Waals surface area contributed by atoms with Gasteiger partial charge in [0.2, 0.25) is 15.9 Å². The van der Waals surface area contributed by atoms with Crippen LogP contribution in [0.3, 0.4) is 0 Å². The van der Waals surface area contributed by atoms with E-state index in [-0.39, 0.29) is 16.6 Å². The predicted molar refractivity (Wildman–Crippen MR) is 123 cm³/mol. The quantitative estimate of drug-likeness (QED) is 0.695. The number of carbonyl (C=O) groups is 1. The SMILES string of the molecule is CNS(=O)(=O)c1cc(/C=C/C(=O)N2CCN(c3cccc(C)c3C)CC2)ccc1OC. The summed E-state index contributed by atoms with van der Waals surface area (Å²) in [6.07, 6.45) is 3.12. The molecule has 0 unspecified atom stereocenters. The molecule has 0 spiro atoms. The van der Waals surface area contributed by atoms with Crippen molar-refractivity contribution in [1.82, 2.24) is 9.62 Å². The maximum atomic E-state index is 12.7. The highest BCUT2D eigenvalue weighted by Crippen LogP contribution is 2.26. The van der Waals surface area contributed by atoms with Gasteiger partial charge < -0.3 is 14.5 Å². The van der Waals surface area contributed by atoms with Crippen molar-refractivity contribution in [2.45, 2.75) is 18.7 Å². The third kappa shape index (κ3) is 5.08. The van der Waals surface area contributed by atoms with Gasteiger partial charge >= 0.3 is 0 Å². The third-order valence-corrected chi connectivity index (χ3v) is 7.11. The zero-order valence-corrected chi connectivity index (χ0v) is 19.2. The normalized spacial score (nSPS) is 14.8. The van der Waals surface area contributed by atoms with Crippen LogP contribution in [0.1, 0.15) is 16.7 Å². The molecule has 8 heteroatoms. The summed E-state index contributed by atoms with van der Waals surface area (Å²) >= 11 is 0. The van der Waals surface area contributed by atoms with Crippen LogP contribution in [0.2, 0.25) is 0 Å². The van der Waals surface area contributed by atoms with Crippen molar-refractivity contribution >= 4 is 27.7 Å². The summed E-state index contributed by atoms with van der Waals surface area (Å²) < 4.78 is 31.9. The second-order valence-electron chi connectivity index (χ2n) is 7.48. The van der Waals surface area contributed by atoms with Crippen LogP contribution < -0.4 is 14.4 Å². The number of sulfonamides is 1. The minimum atomic E-state index is -3.67. The van der Waals surface area contributed by atoms with Crippen LogP contribution in [-0.2, 0) is 14.8 Å². The first-order chi connectivity index (χ1) is 14.8. The maximum absolute atomic E-state index is 12.7. The fourth-order valence-electron chi connectivity index (χ4n) is 3.64. The number of benzene rings is 2. The van der Waals surface area contributed by atoms with Crippen LogP contribution in [0.4, 0.5) is 5.69 Å². The van der Waals surface area contributed by atoms with Crippen molar-refractivity contribution in [2.24, 2.45) is 0 Å². The van der Waals surface area contributed by atoms with Crippen LogP contribution in [0.25, 0.3) is 6.08 Å². The highest BCUT2D eigenvalue weighted by Gasteiger charge is 2.21. The topological polar surface area (TPSA) is 79.0 Å². The van der Waals surface area contributed by atoms with Crippen LogP contribution in [0.15, 0.2) is 47.4 Å². The molecule has 1 fully saturated rings. The molecular weight excluding hydrogens is 414 g/mol. The molecule has 2 aromatic carbocycles. The first kappa shape index (κ1) is 22.8.